The molecule has 0 aromatic heterocycles. The number of rotatable bonds is 0. The average molecular weight is 196 g/mol. The lowest BCUT2D eigenvalue weighted by Gasteiger charge is -2.18. The highest BCUT2D eigenvalue weighted by Gasteiger charge is 2.11. The van der Waals surface area contributed by atoms with Crippen LogP contribution in [0.5, 0.6) is 0 Å². The van der Waals surface area contributed by atoms with Gasteiger partial charge in [-0.25, -0.2) is 0 Å². The van der Waals surface area contributed by atoms with E-state index in [0.29, 0.717) is 5.41 Å². The first-order chi connectivity index (χ1) is 6.02. The topological polar surface area (TPSA) is 0 Å². The van der Waals surface area contributed by atoms with Crippen molar-refractivity contribution in [2.75, 3.05) is 5.75 Å². The summed E-state index contributed by atoms with van der Waals surface area (Å²) in [5.41, 5.74) is 1.69. The molecule has 0 fully saturated rings. The predicted molar refractivity (Wildman–Crippen MR) is 64.7 cm³/mol. The molecule has 0 aliphatic rings. The van der Waals surface area contributed by atoms with Crippen LogP contribution in [0, 0.1) is 0 Å². The molecule has 13 heavy (non-hydrogen) atoms. The zero-order valence-corrected chi connectivity index (χ0v) is 9.94. The summed E-state index contributed by atoms with van der Waals surface area (Å²) in [7, 11) is 0. The third kappa shape index (κ3) is 5.75. The second-order valence-electron chi connectivity index (χ2n) is 3.93. The van der Waals surface area contributed by atoms with E-state index in [1.165, 1.54) is 5.56 Å². The Morgan fingerprint density at radius 1 is 1.08 bits per heavy atom. The number of hydrogen-bond donors (Lipinski definition) is 1. The van der Waals surface area contributed by atoms with Crippen LogP contribution in [0.25, 0.3) is 0 Å². The van der Waals surface area contributed by atoms with Gasteiger partial charge in [0.2, 0.25) is 0 Å². The van der Waals surface area contributed by atoms with E-state index in [9.17, 15) is 0 Å². The monoisotopic (exact) mass is 196 g/mol. The first-order valence-corrected chi connectivity index (χ1v) is 5.32. The zero-order valence-electron chi connectivity index (χ0n) is 9.04. The molecule has 0 bridgehead atoms. The normalized spacial score (nSPS) is 10.2. The minimum atomic E-state index is 0.293. The lowest BCUT2D eigenvalue weighted by molar-refractivity contribution is 0.590. The smallest absolute Gasteiger partial charge is 0.0126 e. The Balaban J connectivity index is 0.000000424. The van der Waals surface area contributed by atoms with E-state index in [-0.39, 0.29) is 0 Å². The van der Waals surface area contributed by atoms with Gasteiger partial charge in [0.1, 0.15) is 0 Å². The van der Waals surface area contributed by atoms with Gasteiger partial charge in [0, 0.05) is 0 Å². The SMILES string of the molecule is CC(C)(C)c1ccccc1.CCS. The maximum Gasteiger partial charge on any atom is -0.0126 e. The van der Waals surface area contributed by atoms with Crippen LogP contribution in [0.3, 0.4) is 0 Å². The lowest BCUT2D eigenvalue weighted by atomic mass is 9.87. The predicted octanol–water partition coefficient (Wildman–Crippen LogP) is 3.92. The fourth-order valence-electron chi connectivity index (χ4n) is 0.938. The Morgan fingerprint density at radius 3 is 1.69 bits per heavy atom. The molecule has 0 N–H and O–H groups in total. The Hall–Kier alpha value is -0.430. The maximum atomic E-state index is 3.79. The van der Waals surface area contributed by atoms with Gasteiger partial charge in [-0.1, -0.05) is 58.0 Å². The Kier molecular flexibility index (Phi) is 5.89. The van der Waals surface area contributed by atoms with Crippen LogP contribution >= 0.6 is 12.6 Å². The minimum absolute atomic E-state index is 0.293. The molecule has 0 atom stereocenters. The first-order valence-electron chi connectivity index (χ1n) is 4.68. The van der Waals surface area contributed by atoms with E-state index in [4.69, 9.17) is 0 Å². The molecule has 0 saturated carbocycles. The maximum absolute atomic E-state index is 3.79. The summed E-state index contributed by atoms with van der Waals surface area (Å²) in [6.07, 6.45) is 0. The van der Waals surface area contributed by atoms with Gasteiger partial charge in [0.15, 0.2) is 0 Å². The molecule has 0 unspecified atom stereocenters. The molecular weight excluding hydrogens is 176 g/mol. The molecule has 0 nitrogen and oxygen atoms in total. The Labute approximate surface area is 87.8 Å². The van der Waals surface area contributed by atoms with Gasteiger partial charge >= 0.3 is 0 Å². The zero-order chi connectivity index (χ0) is 10.3. The van der Waals surface area contributed by atoms with Crippen LogP contribution < -0.4 is 0 Å². The highest BCUT2D eigenvalue weighted by atomic mass is 32.1. The van der Waals surface area contributed by atoms with Gasteiger partial charge in [-0.15, -0.1) is 0 Å². The summed E-state index contributed by atoms with van der Waals surface area (Å²) in [6.45, 7) is 8.66. The van der Waals surface area contributed by atoms with Gasteiger partial charge in [-0.2, -0.15) is 12.6 Å². The molecule has 0 heterocycles. The molecule has 0 amide bonds. The number of hydrogen-bond acceptors (Lipinski definition) is 1. The van der Waals surface area contributed by atoms with Crippen LogP contribution in [0.15, 0.2) is 30.3 Å². The molecule has 1 aromatic rings. The molecule has 0 aliphatic heterocycles. The molecular formula is C12H20S. The van der Waals surface area contributed by atoms with E-state index < -0.39 is 0 Å². The standard InChI is InChI=1S/C10H14.C2H6S/c1-10(2,3)9-7-5-4-6-8-9;1-2-3/h4-8H,1-3H3;3H,2H2,1H3. The highest BCUT2D eigenvalue weighted by Crippen LogP contribution is 2.20. The van der Waals surface area contributed by atoms with Crippen molar-refractivity contribution in [3.63, 3.8) is 0 Å². The molecule has 0 saturated heterocycles. The number of benzene rings is 1. The van der Waals surface area contributed by atoms with Crippen LogP contribution in [0.4, 0.5) is 0 Å². The van der Waals surface area contributed by atoms with Crippen molar-refractivity contribution < 1.29 is 0 Å². The van der Waals surface area contributed by atoms with Crippen LogP contribution in [0.1, 0.15) is 33.3 Å². The van der Waals surface area contributed by atoms with E-state index in [2.05, 4.69) is 63.7 Å². The van der Waals surface area contributed by atoms with Crippen molar-refractivity contribution in [3.8, 4) is 0 Å². The van der Waals surface area contributed by atoms with Crippen LogP contribution in [-0.4, -0.2) is 5.75 Å². The van der Waals surface area contributed by atoms with Gasteiger partial charge in [0.25, 0.3) is 0 Å². The van der Waals surface area contributed by atoms with E-state index in [1.807, 2.05) is 6.92 Å². The highest BCUT2D eigenvalue weighted by molar-refractivity contribution is 7.80. The molecule has 0 aliphatic carbocycles. The van der Waals surface area contributed by atoms with Crippen molar-refractivity contribution in [1.29, 1.82) is 0 Å². The van der Waals surface area contributed by atoms with E-state index in [0.717, 1.165) is 5.75 Å². The molecule has 0 radical (unpaired) electrons. The van der Waals surface area contributed by atoms with Crippen LogP contribution in [-0.2, 0) is 5.41 Å². The van der Waals surface area contributed by atoms with Gasteiger partial charge in [-0.3, -0.25) is 0 Å². The third-order valence-corrected chi connectivity index (χ3v) is 1.64. The van der Waals surface area contributed by atoms with Gasteiger partial charge < -0.3 is 0 Å². The summed E-state index contributed by atoms with van der Waals surface area (Å²) in [4.78, 5) is 0. The Morgan fingerprint density at radius 2 is 1.46 bits per heavy atom. The van der Waals surface area contributed by atoms with E-state index in [1.54, 1.807) is 0 Å². The summed E-state index contributed by atoms with van der Waals surface area (Å²) in [5.74, 6) is 0.944. The van der Waals surface area contributed by atoms with Crippen molar-refractivity contribution >= 4 is 12.6 Å². The molecule has 74 valence electrons. The fourth-order valence-corrected chi connectivity index (χ4v) is 0.938. The summed E-state index contributed by atoms with van der Waals surface area (Å²) < 4.78 is 0. The lowest BCUT2D eigenvalue weighted by Crippen LogP contribution is -2.10. The van der Waals surface area contributed by atoms with Crippen molar-refractivity contribution in [2.45, 2.75) is 33.1 Å². The third-order valence-electron chi connectivity index (χ3n) is 1.64. The molecule has 1 heteroatoms. The molecule has 1 rings (SSSR count). The first kappa shape index (κ1) is 12.6. The fraction of sp³-hybridized carbons (Fsp3) is 0.500. The number of thiol groups is 1. The van der Waals surface area contributed by atoms with Crippen molar-refractivity contribution in [3.05, 3.63) is 35.9 Å². The van der Waals surface area contributed by atoms with Crippen molar-refractivity contribution in [1.82, 2.24) is 0 Å². The second-order valence-corrected chi connectivity index (χ2v) is 4.56. The molecule has 1 aromatic carbocycles. The van der Waals surface area contributed by atoms with Crippen LogP contribution in [0.2, 0.25) is 0 Å². The Bertz CT molecular complexity index is 208. The van der Waals surface area contributed by atoms with Crippen molar-refractivity contribution in [2.24, 2.45) is 0 Å². The quantitative estimate of drug-likeness (QED) is 0.597. The summed E-state index contributed by atoms with van der Waals surface area (Å²) >= 11 is 3.79. The molecule has 0 spiro atoms. The largest absolute Gasteiger partial charge is 0.180 e. The summed E-state index contributed by atoms with van der Waals surface area (Å²) in [6, 6.07) is 10.6. The second kappa shape index (κ2) is 6.09. The minimum Gasteiger partial charge on any atom is -0.180 e. The summed E-state index contributed by atoms with van der Waals surface area (Å²) in [5, 5.41) is 0. The van der Waals surface area contributed by atoms with Gasteiger partial charge in [0.05, 0.1) is 0 Å². The van der Waals surface area contributed by atoms with E-state index >= 15 is 0 Å². The van der Waals surface area contributed by atoms with Gasteiger partial charge in [-0.05, 0) is 16.7 Å². The average Bonchev–Trinajstić information content (AvgIpc) is 2.06.